The van der Waals surface area contributed by atoms with Crippen LogP contribution in [0.5, 0.6) is 5.75 Å². The van der Waals surface area contributed by atoms with Crippen LogP contribution in [0.4, 0.5) is 0 Å². The van der Waals surface area contributed by atoms with Gasteiger partial charge in [-0.15, -0.1) is 6.58 Å². The molecule has 0 aliphatic carbocycles. The molecule has 28 heavy (non-hydrogen) atoms. The van der Waals surface area contributed by atoms with Crippen LogP contribution in [-0.4, -0.2) is 28.0 Å². The highest BCUT2D eigenvalue weighted by molar-refractivity contribution is 5.93. The van der Waals surface area contributed by atoms with E-state index in [2.05, 4.69) is 30.8 Å². The fraction of sp³-hybridized carbons (Fsp3) is 0.391. The van der Waals surface area contributed by atoms with Gasteiger partial charge in [-0.05, 0) is 31.4 Å². The standard InChI is InChI=1S/C23H28N2O3/c1-3-5-11-19-13-9-12-18(10-4-2)25(19)23(26)22-16-21(28-24-22)17-27-20-14-7-6-8-15-20/h4,6-9,13-16,18-19H,2-3,5,10-12,17H2,1H3/t18-,19-/m0/s1. The number of carbonyl (C=O) groups excluding carboxylic acids is 1. The number of para-hydroxylation sites is 1. The van der Waals surface area contributed by atoms with Crippen molar-refractivity contribution >= 4 is 5.91 Å². The van der Waals surface area contributed by atoms with Gasteiger partial charge in [0.15, 0.2) is 11.5 Å². The first-order valence-corrected chi connectivity index (χ1v) is 9.96. The maximum absolute atomic E-state index is 13.2. The average Bonchev–Trinajstić information content (AvgIpc) is 3.20. The zero-order chi connectivity index (χ0) is 19.8. The molecule has 5 nitrogen and oxygen atoms in total. The van der Waals surface area contributed by atoms with Crippen molar-refractivity contribution in [3.63, 3.8) is 0 Å². The zero-order valence-corrected chi connectivity index (χ0v) is 16.4. The molecule has 5 heteroatoms. The minimum atomic E-state index is -0.0907. The van der Waals surface area contributed by atoms with E-state index in [0.717, 1.165) is 37.9 Å². The summed E-state index contributed by atoms with van der Waals surface area (Å²) in [6, 6.07) is 11.4. The highest BCUT2D eigenvalue weighted by atomic mass is 16.5. The lowest BCUT2D eigenvalue weighted by Crippen LogP contribution is -2.48. The maximum Gasteiger partial charge on any atom is 0.276 e. The molecule has 148 valence electrons. The highest BCUT2D eigenvalue weighted by Gasteiger charge is 2.32. The Morgan fingerprint density at radius 3 is 2.96 bits per heavy atom. The minimum Gasteiger partial charge on any atom is -0.486 e. The van der Waals surface area contributed by atoms with E-state index in [4.69, 9.17) is 9.26 Å². The summed E-state index contributed by atoms with van der Waals surface area (Å²) in [7, 11) is 0. The van der Waals surface area contributed by atoms with Crippen LogP contribution >= 0.6 is 0 Å². The second-order valence-corrected chi connectivity index (χ2v) is 7.04. The number of carbonyl (C=O) groups is 1. The van der Waals surface area contributed by atoms with Crippen LogP contribution in [0.1, 0.15) is 55.3 Å². The lowest BCUT2D eigenvalue weighted by molar-refractivity contribution is 0.0582. The van der Waals surface area contributed by atoms with Crippen LogP contribution in [0.3, 0.4) is 0 Å². The molecular formula is C23H28N2O3. The Hall–Kier alpha value is -2.82. The Balaban J connectivity index is 1.71. The number of benzene rings is 1. The Labute approximate surface area is 166 Å². The molecular weight excluding hydrogens is 352 g/mol. The monoisotopic (exact) mass is 380 g/mol. The van der Waals surface area contributed by atoms with Gasteiger partial charge in [0.25, 0.3) is 5.91 Å². The largest absolute Gasteiger partial charge is 0.486 e. The predicted octanol–water partition coefficient (Wildman–Crippen LogP) is 5.16. The summed E-state index contributed by atoms with van der Waals surface area (Å²) >= 11 is 0. The number of rotatable bonds is 9. The van der Waals surface area contributed by atoms with Crippen molar-refractivity contribution in [3.8, 4) is 5.75 Å². The first kappa shape index (κ1) is 19.9. The smallest absolute Gasteiger partial charge is 0.276 e. The summed E-state index contributed by atoms with van der Waals surface area (Å²) in [5, 5.41) is 4.02. The fourth-order valence-electron chi connectivity index (χ4n) is 3.52. The molecule has 1 amide bonds. The van der Waals surface area contributed by atoms with Crippen molar-refractivity contribution in [2.24, 2.45) is 0 Å². The second-order valence-electron chi connectivity index (χ2n) is 7.04. The first-order valence-electron chi connectivity index (χ1n) is 9.96. The van der Waals surface area contributed by atoms with Crippen LogP contribution in [0.15, 0.2) is 65.7 Å². The van der Waals surface area contributed by atoms with Gasteiger partial charge >= 0.3 is 0 Å². The second kappa shape index (κ2) is 9.93. The number of hydrogen-bond acceptors (Lipinski definition) is 4. The van der Waals surface area contributed by atoms with Crippen LogP contribution in [0.2, 0.25) is 0 Å². The van der Waals surface area contributed by atoms with Crippen LogP contribution in [0, 0.1) is 0 Å². The zero-order valence-electron chi connectivity index (χ0n) is 16.4. The summed E-state index contributed by atoms with van der Waals surface area (Å²) in [4.78, 5) is 15.2. The van der Waals surface area contributed by atoms with E-state index in [-0.39, 0.29) is 24.6 Å². The van der Waals surface area contributed by atoms with Gasteiger partial charge in [0.1, 0.15) is 12.4 Å². The summed E-state index contributed by atoms with van der Waals surface area (Å²) < 4.78 is 11.0. The van der Waals surface area contributed by atoms with Gasteiger partial charge in [-0.3, -0.25) is 4.79 Å². The summed E-state index contributed by atoms with van der Waals surface area (Å²) in [5.74, 6) is 1.19. The van der Waals surface area contributed by atoms with E-state index in [1.165, 1.54) is 0 Å². The molecule has 0 saturated heterocycles. The third-order valence-corrected chi connectivity index (χ3v) is 4.95. The van der Waals surface area contributed by atoms with E-state index in [1.54, 1.807) is 6.07 Å². The van der Waals surface area contributed by atoms with Crippen molar-refractivity contribution in [2.75, 3.05) is 0 Å². The van der Waals surface area contributed by atoms with Gasteiger partial charge in [-0.1, -0.05) is 61.3 Å². The van der Waals surface area contributed by atoms with Gasteiger partial charge in [0, 0.05) is 12.1 Å². The van der Waals surface area contributed by atoms with Crippen LogP contribution < -0.4 is 4.74 Å². The molecule has 0 N–H and O–H groups in total. The number of amides is 1. The number of hydrogen-bond donors (Lipinski definition) is 0. The molecule has 1 aliphatic rings. The Morgan fingerprint density at radius 1 is 1.39 bits per heavy atom. The topological polar surface area (TPSA) is 55.6 Å². The quantitative estimate of drug-likeness (QED) is 0.564. The van der Waals surface area contributed by atoms with E-state index in [0.29, 0.717) is 11.5 Å². The molecule has 0 bridgehead atoms. The molecule has 0 spiro atoms. The van der Waals surface area contributed by atoms with E-state index in [1.807, 2.05) is 41.3 Å². The van der Waals surface area contributed by atoms with Gasteiger partial charge < -0.3 is 14.2 Å². The summed E-state index contributed by atoms with van der Waals surface area (Å²) in [6.45, 7) is 6.25. The number of nitrogens with zero attached hydrogens (tertiary/aromatic N) is 2. The summed E-state index contributed by atoms with van der Waals surface area (Å²) in [6.07, 6.45) is 10.9. The van der Waals surface area contributed by atoms with E-state index in [9.17, 15) is 4.79 Å². The molecule has 0 unspecified atom stereocenters. The normalized spacial score (nSPS) is 18.8. The lowest BCUT2D eigenvalue weighted by atomic mass is 9.96. The predicted molar refractivity (Wildman–Crippen MR) is 109 cm³/mol. The average molecular weight is 380 g/mol. The molecule has 1 aromatic heterocycles. The summed E-state index contributed by atoms with van der Waals surface area (Å²) in [5.41, 5.74) is 0.331. The first-order chi connectivity index (χ1) is 13.7. The van der Waals surface area contributed by atoms with Crippen molar-refractivity contribution in [2.45, 2.75) is 57.7 Å². The van der Waals surface area contributed by atoms with Crippen LogP contribution in [0.25, 0.3) is 0 Å². The molecule has 0 fully saturated rings. The van der Waals surface area contributed by atoms with Gasteiger partial charge in [0.2, 0.25) is 0 Å². The Kier molecular flexibility index (Phi) is 7.06. The minimum absolute atomic E-state index is 0.0897. The van der Waals surface area contributed by atoms with E-state index < -0.39 is 0 Å². The van der Waals surface area contributed by atoms with Crippen molar-refractivity contribution in [3.05, 3.63) is 72.7 Å². The molecule has 0 saturated carbocycles. The molecule has 1 aromatic carbocycles. The van der Waals surface area contributed by atoms with Gasteiger partial charge in [-0.25, -0.2) is 0 Å². The SMILES string of the molecule is C=CC[C@H]1CC=C[C@H](CCCC)N1C(=O)c1cc(COc2ccccc2)on1. The highest BCUT2D eigenvalue weighted by Crippen LogP contribution is 2.26. The number of unbranched alkanes of at least 4 members (excludes halogenated alkanes) is 1. The van der Waals surface area contributed by atoms with Crippen molar-refractivity contribution in [1.29, 1.82) is 0 Å². The van der Waals surface area contributed by atoms with Gasteiger partial charge in [-0.2, -0.15) is 0 Å². The molecule has 2 heterocycles. The molecule has 2 aromatic rings. The molecule has 0 radical (unpaired) electrons. The van der Waals surface area contributed by atoms with Crippen molar-refractivity contribution in [1.82, 2.24) is 10.1 Å². The molecule has 1 aliphatic heterocycles. The third-order valence-electron chi connectivity index (χ3n) is 4.95. The maximum atomic E-state index is 13.2. The number of ether oxygens (including phenoxy) is 1. The lowest BCUT2D eigenvalue weighted by Gasteiger charge is -2.38. The molecule has 2 atom stereocenters. The Morgan fingerprint density at radius 2 is 2.21 bits per heavy atom. The fourth-order valence-corrected chi connectivity index (χ4v) is 3.52. The third kappa shape index (κ3) is 4.91. The number of aromatic nitrogens is 1. The Bertz CT molecular complexity index is 797. The van der Waals surface area contributed by atoms with Gasteiger partial charge in [0.05, 0.1) is 6.04 Å². The van der Waals surface area contributed by atoms with Crippen LogP contribution in [-0.2, 0) is 6.61 Å². The molecule has 3 rings (SSSR count). The van der Waals surface area contributed by atoms with E-state index >= 15 is 0 Å². The van der Waals surface area contributed by atoms with Crippen molar-refractivity contribution < 1.29 is 14.1 Å².